The van der Waals surface area contributed by atoms with E-state index in [-0.39, 0.29) is 5.41 Å². The van der Waals surface area contributed by atoms with Crippen molar-refractivity contribution in [1.82, 2.24) is 9.78 Å². The minimum absolute atomic E-state index is 0.239. The van der Waals surface area contributed by atoms with Crippen molar-refractivity contribution in [3.8, 4) is 5.75 Å². The van der Waals surface area contributed by atoms with Crippen LogP contribution in [0.1, 0.15) is 58.3 Å². The molecule has 20 heavy (non-hydrogen) atoms. The summed E-state index contributed by atoms with van der Waals surface area (Å²) in [6.45, 7) is 3.12. The Morgan fingerprint density at radius 2 is 2.10 bits per heavy atom. The predicted octanol–water partition coefficient (Wildman–Crippen LogP) is 3.11. The van der Waals surface area contributed by atoms with Crippen LogP contribution >= 0.6 is 0 Å². The molecule has 0 bridgehead atoms. The van der Waals surface area contributed by atoms with Crippen molar-refractivity contribution >= 4 is 0 Å². The van der Waals surface area contributed by atoms with Crippen LogP contribution < -0.4 is 10.5 Å². The Balaban J connectivity index is 1.66. The highest BCUT2D eigenvalue weighted by molar-refractivity contribution is 5.16. The van der Waals surface area contributed by atoms with Crippen LogP contribution in [0.2, 0.25) is 0 Å². The van der Waals surface area contributed by atoms with Crippen molar-refractivity contribution in [1.29, 1.82) is 0 Å². The molecule has 3 rings (SSSR count). The van der Waals surface area contributed by atoms with Gasteiger partial charge in [-0.25, -0.2) is 0 Å². The zero-order valence-corrected chi connectivity index (χ0v) is 12.6. The highest BCUT2D eigenvalue weighted by Gasteiger charge is 2.54. The molecule has 2 N–H and O–H groups in total. The molecule has 2 fully saturated rings. The summed E-state index contributed by atoms with van der Waals surface area (Å²) in [5.41, 5.74) is 6.59. The molecule has 1 aromatic heterocycles. The van der Waals surface area contributed by atoms with Crippen molar-refractivity contribution in [3.63, 3.8) is 0 Å². The van der Waals surface area contributed by atoms with Gasteiger partial charge in [-0.3, -0.25) is 4.68 Å². The lowest BCUT2D eigenvalue weighted by Gasteiger charge is -2.54. The van der Waals surface area contributed by atoms with Gasteiger partial charge < -0.3 is 10.5 Å². The van der Waals surface area contributed by atoms with Gasteiger partial charge in [0.25, 0.3) is 0 Å². The van der Waals surface area contributed by atoms with E-state index < -0.39 is 0 Å². The van der Waals surface area contributed by atoms with Crippen LogP contribution in [0, 0.1) is 5.41 Å². The molecule has 112 valence electrons. The van der Waals surface area contributed by atoms with Gasteiger partial charge in [0.2, 0.25) is 0 Å². The molecule has 2 aliphatic rings. The number of aryl methyl sites for hydroxylation is 1. The van der Waals surface area contributed by atoms with Crippen LogP contribution in [0.4, 0.5) is 0 Å². The minimum Gasteiger partial charge on any atom is -0.486 e. The quantitative estimate of drug-likeness (QED) is 0.920. The third-order valence-electron chi connectivity index (χ3n) is 5.22. The van der Waals surface area contributed by atoms with Gasteiger partial charge in [0.15, 0.2) is 5.75 Å². The summed E-state index contributed by atoms with van der Waals surface area (Å²) in [7, 11) is 0. The van der Waals surface area contributed by atoms with E-state index in [4.69, 9.17) is 10.5 Å². The summed E-state index contributed by atoms with van der Waals surface area (Å²) in [6, 6.07) is 0.330. The third kappa shape index (κ3) is 2.46. The maximum absolute atomic E-state index is 6.35. The first kappa shape index (κ1) is 13.9. The highest BCUT2D eigenvalue weighted by atomic mass is 16.5. The van der Waals surface area contributed by atoms with E-state index in [0.717, 1.165) is 25.1 Å². The average Bonchev–Trinajstić information content (AvgIpc) is 2.73. The van der Waals surface area contributed by atoms with Gasteiger partial charge in [-0.2, -0.15) is 5.10 Å². The van der Waals surface area contributed by atoms with Crippen LogP contribution in [0.3, 0.4) is 0 Å². The Morgan fingerprint density at radius 3 is 2.75 bits per heavy atom. The van der Waals surface area contributed by atoms with E-state index in [0.29, 0.717) is 12.1 Å². The van der Waals surface area contributed by atoms with Crippen molar-refractivity contribution in [2.24, 2.45) is 11.1 Å². The fourth-order valence-electron chi connectivity index (χ4n) is 3.94. The van der Waals surface area contributed by atoms with Crippen LogP contribution in [-0.4, -0.2) is 21.9 Å². The molecule has 1 heterocycles. The second-order valence-corrected chi connectivity index (χ2v) is 6.54. The van der Waals surface area contributed by atoms with E-state index in [2.05, 4.69) is 12.0 Å². The molecule has 0 aromatic carbocycles. The summed E-state index contributed by atoms with van der Waals surface area (Å²) in [4.78, 5) is 0. The van der Waals surface area contributed by atoms with Crippen molar-refractivity contribution in [2.45, 2.75) is 77.0 Å². The number of rotatable bonds is 4. The van der Waals surface area contributed by atoms with Gasteiger partial charge in [-0.05, 0) is 19.3 Å². The second kappa shape index (κ2) is 5.76. The zero-order valence-electron chi connectivity index (χ0n) is 12.6. The van der Waals surface area contributed by atoms with Crippen molar-refractivity contribution in [2.75, 3.05) is 0 Å². The summed E-state index contributed by atoms with van der Waals surface area (Å²) in [5.74, 6) is 0.916. The second-order valence-electron chi connectivity index (χ2n) is 6.54. The summed E-state index contributed by atoms with van der Waals surface area (Å²) < 4.78 is 8.20. The van der Waals surface area contributed by atoms with E-state index in [1.807, 2.05) is 17.1 Å². The molecule has 2 saturated carbocycles. The number of ether oxygens (including phenoxy) is 1. The van der Waals surface area contributed by atoms with E-state index >= 15 is 0 Å². The van der Waals surface area contributed by atoms with E-state index in [1.54, 1.807) is 0 Å². The SMILES string of the molecule is CCCn1cc(OC2CC(N)C23CCCCCC3)cn1. The lowest BCUT2D eigenvalue weighted by Crippen LogP contribution is -2.63. The molecule has 1 spiro atoms. The van der Waals surface area contributed by atoms with Crippen LogP contribution in [-0.2, 0) is 6.54 Å². The zero-order chi connectivity index (χ0) is 14.0. The molecule has 0 radical (unpaired) electrons. The Kier molecular flexibility index (Phi) is 4.01. The smallest absolute Gasteiger partial charge is 0.157 e. The average molecular weight is 277 g/mol. The largest absolute Gasteiger partial charge is 0.486 e. The first-order chi connectivity index (χ1) is 9.74. The van der Waals surface area contributed by atoms with Crippen LogP contribution in [0.5, 0.6) is 5.75 Å². The van der Waals surface area contributed by atoms with Gasteiger partial charge in [0.1, 0.15) is 6.10 Å². The molecule has 2 atom stereocenters. The molecule has 0 saturated heterocycles. The number of hydrogen-bond acceptors (Lipinski definition) is 3. The predicted molar refractivity (Wildman–Crippen MR) is 79.7 cm³/mol. The lowest BCUT2D eigenvalue weighted by atomic mass is 9.58. The van der Waals surface area contributed by atoms with Crippen molar-refractivity contribution in [3.05, 3.63) is 12.4 Å². The monoisotopic (exact) mass is 277 g/mol. The normalized spacial score (nSPS) is 28.9. The molecule has 0 amide bonds. The van der Waals surface area contributed by atoms with E-state index in [9.17, 15) is 0 Å². The van der Waals surface area contributed by atoms with E-state index in [1.165, 1.54) is 38.5 Å². The Hall–Kier alpha value is -1.03. The van der Waals surface area contributed by atoms with Gasteiger partial charge in [0, 0.05) is 24.4 Å². The number of aromatic nitrogens is 2. The minimum atomic E-state index is 0.239. The summed E-state index contributed by atoms with van der Waals surface area (Å²) in [6.07, 6.45) is 14.1. The standard InChI is InChI=1S/C16H27N3O/c1-2-9-19-12-13(11-18-19)20-15-10-14(17)16(15)7-5-3-4-6-8-16/h11-12,14-15H,2-10,17H2,1H3. The molecule has 1 aromatic rings. The summed E-state index contributed by atoms with van der Waals surface area (Å²) in [5, 5.41) is 4.35. The van der Waals surface area contributed by atoms with Gasteiger partial charge in [-0.1, -0.05) is 32.6 Å². The molecular formula is C16H27N3O. The Labute approximate surface area is 121 Å². The Bertz CT molecular complexity index is 435. The maximum atomic E-state index is 6.35. The van der Waals surface area contributed by atoms with Crippen LogP contribution in [0.25, 0.3) is 0 Å². The first-order valence-corrected chi connectivity index (χ1v) is 8.19. The fraction of sp³-hybridized carbons (Fsp3) is 0.812. The molecule has 0 aliphatic heterocycles. The lowest BCUT2D eigenvalue weighted by molar-refractivity contribution is -0.0770. The topological polar surface area (TPSA) is 53.1 Å². The fourth-order valence-corrected chi connectivity index (χ4v) is 3.94. The van der Waals surface area contributed by atoms with Gasteiger partial charge >= 0.3 is 0 Å². The first-order valence-electron chi connectivity index (χ1n) is 8.19. The molecule has 2 aliphatic carbocycles. The maximum Gasteiger partial charge on any atom is 0.157 e. The van der Waals surface area contributed by atoms with Crippen LogP contribution in [0.15, 0.2) is 12.4 Å². The van der Waals surface area contributed by atoms with Gasteiger partial charge in [-0.15, -0.1) is 0 Å². The highest BCUT2D eigenvalue weighted by Crippen LogP contribution is 2.51. The molecule has 2 unspecified atom stereocenters. The Morgan fingerprint density at radius 1 is 1.35 bits per heavy atom. The number of nitrogens with two attached hydrogens (primary N) is 1. The molecule has 4 nitrogen and oxygen atoms in total. The number of nitrogens with zero attached hydrogens (tertiary/aromatic N) is 2. The van der Waals surface area contributed by atoms with Crippen molar-refractivity contribution < 1.29 is 4.74 Å². The molecular weight excluding hydrogens is 250 g/mol. The third-order valence-corrected chi connectivity index (χ3v) is 5.22. The molecule has 4 heteroatoms. The number of hydrogen-bond donors (Lipinski definition) is 1. The summed E-state index contributed by atoms with van der Waals surface area (Å²) >= 11 is 0. The van der Waals surface area contributed by atoms with Gasteiger partial charge in [0.05, 0.1) is 12.4 Å².